The third-order valence-electron chi connectivity index (χ3n) is 13.8. The molecule has 13 rings (SSSR count). The van der Waals surface area contributed by atoms with Gasteiger partial charge in [-0.05, 0) is 111 Å². The fourth-order valence-electron chi connectivity index (χ4n) is 10.6. The molecule has 0 N–H and O–H groups in total. The molecule has 0 unspecified atom stereocenters. The van der Waals surface area contributed by atoms with E-state index >= 15 is 0 Å². The van der Waals surface area contributed by atoms with Crippen molar-refractivity contribution >= 4 is 81.1 Å². The SMILES string of the molecule is CC1(C)c2cc(N(c3ccc(-c4ccccc4)cc3)c3ccc(-c4ccccc4)cc3)ccc2-c2ccc(-n3c4ccccc4c4ccc5ccc6c7ccccc7sc6c5c43)cc21. The number of benzene rings is 10. The summed E-state index contributed by atoms with van der Waals surface area (Å²) in [6.45, 7) is 4.81. The lowest BCUT2D eigenvalue weighted by molar-refractivity contribution is 0.660. The number of hydrogen-bond acceptors (Lipinski definition) is 2. The van der Waals surface area contributed by atoms with Crippen molar-refractivity contribution in [1.82, 2.24) is 4.57 Å². The first-order chi connectivity index (χ1) is 31.5. The van der Waals surface area contributed by atoms with Crippen molar-refractivity contribution in [3.8, 4) is 39.1 Å². The third kappa shape index (κ3) is 5.57. The van der Waals surface area contributed by atoms with Gasteiger partial charge in [0.05, 0.1) is 11.0 Å². The summed E-state index contributed by atoms with van der Waals surface area (Å²) in [5, 5.41) is 7.81. The number of hydrogen-bond donors (Lipinski definition) is 0. The van der Waals surface area contributed by atoms with E-state index in [1.54, 1.807) is 0 Å². The van der Waals surface area contributed by atoms with Crippen molar-refractivity contribution in [2.45, 2.75) is 19.3 Å². The highest BCUT2D eigenvalue weighted by molar-refractivity contribution is 7.26. The molecule has 0 radical (unpaired) electrons. The van der Waals surface area contributed by atoms with E-state index in [0.717, 1.165) is 17.1 Å². The molecule has 0 saturated carbocycles. The van der Waals surface area contributed by atoms with Crippen LogP contribution >= 0.6 is 11.3 Å². The molecule has 0 aliphatic heterocycles. The Morgan fingerprint density at radius 2 is 0.953 bits per heavy atom. The molecule has 0 bridgehead atoms. The number of fused-ring (bicyclic) bond motifs is 12. The molecule has 64 heavy (non-hydrogen) atoms. The molecule has 1 aliphatic carbocycles. The minimum absolute atomic E-state index is 0.254. The monoisotopic (exact) mass is 834 g/mol. The van der Waals surface area contributed by atoms with Crippen LogP contribution in [0.1, 0.15) is 25.0 Å². The highest BCUT2D eigenvalue weighted by Gasteiger charge is 2.37. The van der Waals surface area contributed by atoms with Gasteiger partial charge in [-0.1, -0.05) is 172 Å². The maximum Gasteiger partial charge on any atom is 0.0633 e. The maximum atomic E-state index is 2.54. The Morgan fingerprint density at radius 3 is 1.62 bits per heavy atom. The number of rotatable bonds is 6. The van der Waals surface area contributed by atoms with Gasteiger partial charge >= 0.3 is 0 Å². The van der Waals surface area contributed by atoms with Gasteiger partial charge < -0.3 is 9.47 Å². The summed E-state index contributed by atoms with van der Waals surface area (Å²) in [6, 6.07) is 80.6. The average Bonchev–Trinajstić information content (AvgIpc) is 3.98. The first kappa shape index (κ1) is 36.9. The molecular weight excluding hydrogens is 793 g/mol. The molecule has 0 amide bonds. The first-order valence-corrected chi connectivity index (χ1v) is 23.0. The molecule has 10 aromatic carbocycles. The molecule has 2 heterocycles. The van der Waals surface area contributed by atoms with Gasteiger partial charge in [-0.15, -0.1) is 11.3 Å². The topological polar surface area (TPSA) is 8.17 Å². The van der Waals surface area contributed by atoms with E-state index in [2.05, 4.69) is 242 Å². The summed E-state index contributed by atoms with van der Waals surface area (Å²) in [5.74, 6) is 0. The Hall–Kier alpha value is -7.72. The number of thiophene rings is 1. The fourth-order valence-corrected chi connectivity index (χ4v) is 11.9. The van der Waals surface area contributed by atoms with Gasteiger partial charge in [0, 0.05) is 64.5 Å². The van der Waals surface area contributed by atoms with Crippen LogP contribution in [-0.4, -0.2) is 4.57 Å². The Balaban J connectivity index is 0.957. The standard InChI is InChI=1S/C61H42N2S/c1-61(2)54-37-46(62(44-27-21-41(22-28-44)39-13-5-3-6-14-39)45-29-23-42(24-30-45)40-15-7-4-8-16-40)31-35-48(54)49-36-32-47(38-55(49)61)63-56-19-11-9-17-50(56)52-33-25-43-26-34-53-51-18-10-12-20-57(51)64-60(53)58(43)59(52)63/h3-38H,1-2H3. The summed E-state index contributed by atoms with van der Waals surface area (Å²) in [4.78, 5) is 2.41. The van der Waals surface area contributed by atoms with Crippen LogP contribution in [0.25, 0.3) is 91.8 Å². The molecule has 0 atom stereocenters. The van der Waals surface area contributed by atoms with Crippen molar-refractivity contribution in [1.29, 1.82) is 0 Å². The highest BCUT2D eigenvalue weighted by atomic mass is 32.1. The summed E-state index contributed by atoms with van der Waals surface area (Å²) in [5.41, 5.74) is 16.9. The highest BCUT2D eigenvalue weighted by Crippen LogP contribution is 2.52. The van der Waals surface area contributed by atoms with Crippen LogP contribution in [-0.2, 0) is 5.41 Å². The second-order valence-electron chi connectivity index (χ2n) is 17.7. The van der Waals surface area contributed by atoms with E-state index < -0.39 is 0 Å². The number of aromatic nitrogens is 1. The van der Waals surface area contributed by atoms with Crippen molar-refractivity contribution in [3.05, 3.63) is 230 Å². The lowest BCUT2D eigenvalue weighted by Crippen LogP contribution is -2.17. The van der Waals surface area contributed by atoms with Crippen LogP contribution in [0.4, 0.5) is 17.1 Å². The number of anilines is 3. The van der Waals surface area contributed by atoms with Crippen molar-refractivity contribution in [3.63, 3.8) is 0 Å². The Kier molecular flexibility index (Phi) is 8.16. The molecule has 2 aromatic heterocycles. The molecule has 2 nitrogen and oxygen atoms in total. The Bertz CT molecular complexity index is 3690. The average molecular weight is 835 g/mol. The van der Waals surface area contributed by atoms with Gasteiger partial charge in [-0.3, -0.25) is 0 Å². The molecule has 0 spiro atoms. The van der Waals surface area contributed by atoms with Gasteiger partial charge in [0.25, 0.3) is 0 Å². The van der Waals surface area contributed by atoms with Gasteiger partial charge in [0.1, 0.15) is 0 Å². The van der Waals surface area contributed by atoms with Crippen molar-refractivity contribution in [2.75, 3.05) is 4.90 Å². The van der Waals surface area contributed by atoms with Gasteiger partial charge in [0.15, 0.2) is 0 Å². The summed E-state index contributed by atoms with van der Waals surface area (Å²) in [6.07, 6.45) is 0. The minimum atomic E-state index is -0.254. The fraction of sp³-hybridized carbons (Fsp3) is 0.0492. The minimum Gasteiger partial charge on any atom is -0.310 e. The zero-order valence-electron chi connectivity index (χ0n) is 35.6. The van der Waals surface area contributed by atoms with Crippen LogP contribution in [0.5, 0.6) is 0 Å². The predicted molar refractivity (Wildman–Crippen MR) is 274 cm³/mol. The van der Waals surface area contributed by atoms with Gasteiger partial charge in [-0.25, -0.2) is 0 Å². The smallest absolute Gasteiger partial charge is 0.0633 e. The zero-order valence-corrected chi connectivity index (χ0v) is 36.4. The second kappa shape index (κ2) is 14.2. The largest absolute Gasteiger partial charge is 0.310 e. The van der Waals surface area contributed by atoms with Crippen molar-refractivity contribution in [2.24, 2.45) is 0 Å². The van der Waals surface area contributed by atoms with E-state index in [4.69, 9.17) is 0 Å². The summed E-state index contributed by atoms with van der Waals surface area (Å²) < 4.78 is 5.22. The van der Waals surface area contributed by atoms with E-state index in [9.17, 15) is 0 Å². The molecule has 0 fully saturated rings. The molecule has 302 valence electrons. The molecule has 1 aliphatic rings. The first-order valence-electron chi connectivity index (χ1n) is 22.2. The predicted octanol–water partition coefficient (Wildman–Crippen LogP) is 17.4. The van der Waals surface area contributed by atoms with E-state index in [1.807, 2.05) is 11.3 Å². The maximum absolute atomic E-state index is 2.54. The molecule has 3 heteroatoms. The quantitative estimate of drug-likeness (QED) is 0.162. The lowest BCUT2D eigenvalue weighted by Gasteiger charge is -2.28. The zero-order chi connectivity index (χ0) is 42.5. The van der Waals surface area contributed by atoms with Crippen LogP contribution in [0.3, 0.4) is 0 Å². The van der Waals surface area contributed by atoms with Crippen LogP contribution in [0, 0.1) is 0 Å². The van der Waals surface area contributed by atoms with Gasteiger partial charge in [-0.2, -0.15) is 0 Å². The molecule has 12 aromatic rings. The normalized spacial score (nSPS) is 13.0. The van der Waals surface area contributed by atoms with E-state index in [1.165, 1.54) is 103 Å². The van der Waals surface area contributed by atoms with Gasteiger partial charge in [0.2, 0.25) is 0 Å². The Morgan fingerprint density at radius 1 is 0.422 bits per heavy atom. The third-order valence-corrected chi connectivity index (χ3v) is 15.0. The second-order valence-corrected chi connectivity index (χ2v) is 18.8. The molecular formula is C61H42N2S. The van der Waals surface area contributed by atoms with Crippen LogP contribution < -0.4 is 4.90 Å². The number of para-hydroxylation sites is 1. The van der Waals surface area contributed by atoms with Crippen LogP contribution in [0.2, 0.25) is 0 Å². The molecule has 0 saturated heterocycles. The number of nitrogens with zero attached hydrogens (tertiary/aromatic N) is 2. The Labute approximate surface area is 376 Å². The van der Waals surface area contributed by atoms with Crippen LogP contribution in [0.15, 0.2) is 218 Å². The van der Waals surface area contributed by atoms with E-state index in [-0.39, 0.29) is 5.41 Å². The summed E-state index contributed by atoms with van der Waals surface area (Å²) >= 11 is 1.91. The summed E-state index contributed by atoms with van der Waals surface area (Å²) in [7, 11) is 0. The van der Waals surface area contributed by atoms with E-state index in [0.29, 0.717) is 0 Å². The lowest BCUT2D eigenvalue weighted by atomic mass is 9.82. The van der Waals surface area contributed by atoms with Crippen molar-refractivity contribution < 1.29 is 0 Å².